The molecule has 9 heteroatoms. The molecule has 7 fully saturated rings. The first-order valence-corrected chi connectivity index (χ1v) is 12.6. The van der Waals surface area contributed by atoms with Crippen LogP contribution in [-0.4, -0.2) is 63.4 Å². The van der Waals surface area contributed by atoms with E-state index in [0.717, 1.165) is 19.3 Å². The lowest BCUT2D eigenvalue weighted by molar-refractivity contribution is -0.236. The van der Waals surface area contributed by atoms with Crippen molar-refractivity contribution in [3.8, 4) is 0 Å². The first-order valence-electron chi connectivity index (χ1n) is 12.6. The van der Waals surface area contributed by atoms with Gasteiger partial charge < -0.3 is 19.3 Å². The Bertz CT molecular complexity index is 1220. The van der Waals surface area contributed by atoms with Crippen LogP contribution in [0.25, 0.3) is 0 Å². The molecule has 6 atom stereocenters. The molecule has 1 amide bonds. The molecule has 1 unspecified atom stereocenters. The fraction of sp³-hybridized carbons (Fsp3) is 0.630. The maximum atomic E-state index is 14.3. The highest BCUT2D eigenvalue weighted by Gasteiger charge is 2.95. The molecule has 3 saturated heterocycles. The summed E-state index contributed by atoms with van der Waals surface area (Å²) in [5.41, 5.74) is -6.18. The van der Waals surface area contributed by atoms with Crippen LogP contribution in [0, 0.1) is 22.2 Å². The number of amides is 1. The van der Waals surface area contributed by atoms with Gasteiger partial charge in [0.05, 0.1) is 17.6 Å². The molecule has 4 saturated carbocycles. The van der Waals surface area contributed by atoms with Crippen LogP contribution < -0.4 is 0 Å². The largest absolute Gasteiger partial charge is 0.461 e. The molecule has 0 radical (unpaired) electrons. The Hall–Kier alpha value is -2.94. The van der Waals surface area contributed by atoms with E-state index >= 15 is 0 Å². The van der Waals surface area contributed by atoms with Crippen LogP contribution in [0.1, 0.15) is 63.2 Å². The van der Waals surface area contributed by atoms with Crippen LogP contribution in [0.4, 0.5) is 0 Å². The molecule has 2 spiro atoms. The molecule has 7 aliphatic rings. The van der Waals surface area contributed by atoms with E-state index in [2.05, 4.69) is 0 Å². The van der Waals surface area contributed by atoms with Crippen molar-refractivity contribution in [1.29, 1.82) is 0 Å². The van der Waals surface area contributed by atoms with E-state index in [1.807, 2.05) is 20.8 Å². The van der Waals surface area contributed by atoms with E-state index in [1.54, 1.807) is 35.2 Å². The molecular weight excluding hydrogens is 466 g/mol. The molecule has 190 valence electrons. The van der Waals surface area contributed by atoms with Gasteiger partial charge in [-0.2, -0.15) is 0 Å². The summed E-state index contributed by atoms with van der Waals surface area (Å²) >= 11 is 0. The van der Waals surface area contributed by atoms with Gasteiger partial charge in [0, 0.05) is 12.0 Å². The summed E-state index contributed by atoms with van der Waals surface area (Å²) in [5, 5.41) is 12.6. The summed E-state index contributed by atoms with van der Waals surface area (Å²) in [7, 11) is 0. The van der Waals surface area contributed by atoms with Crippen LogP contribution in [-0.2, 0) is 28.6 Å². The van der Waals surface area contributed by atoms with E-state index in [0.29, 0.717) is 5.92 Å². The van der Waals surface area contributed by atoms with Gasteiger partial charge in [0.25, 0.3) is 5.91 Å². The summed E-state index contributed by atoms with van der Waals surface area (Å²) in [4.78, 5) is 55.7. The monoisotopic (exact) mass is 495 g/mol. The number of nitrogens with zero attached hydrogens (tertiary/aromatic N) is 1. The van der Waals surface area contributed by atoms with Crippen molar-refractivity contribution in [2.45, 2.75) is 82.5 Å². The van der Waals surface area contributed by atoms with Crippen LogP contribution in [0.15, 0.2) is 30.3 Å². The SMILES string of the molecule is CC(C)(C)[C@]1(O)C[C@@H]2OC(=O)C[C@@]23C(=O)O[C@@H]2N(C45CC(C4)C5)C(=O)[C@H](OC(=O)c4ccccc4)C213. The van der Waals surface area contributed by atoms with Crippen molar-refractivity contribution in [3.05, 3.63) is 35.9 Å². The van der Waals surface area contributed by atoms with Gasteiger partial charge in [0.2, 0.25) is 0 Å². The number of carbonyl (C=O) groups excluding carboxylic acids is 4. The lowest BCUT2D eigenvalue weighted by atomic mass is 9.48. The van der Waals surface area contributed by atoms with Gasteiger partial charge >= 0.3 is 17.9 Å². The first-order chi connectivity index (χ1) is 16.9. The van der Waals surface area contributed by atoms with Gasteiger partial charge in [0.15, 0.2) is 12.3 Å². The summed E-state index contributed by atoms with van der Waals surface area (Å²) in [6.07, 6.45) is -1.70. The molecule has 36 heavy (non-hydrogen) atoms. The van der Waals surface area contributed by atoms with E-state index in [1.165, 1.54) is 0 Å². The van der Waals surface area contributed by atoms with Crippen molar-refractivity contribution in [3.63, 3.8) is 0 Å². The van der Waals surface area contributed by atoms with Gasteiger partial charge in [-0.05, 0) is 42.7 Å². The van der Waals surface area contributed by atoms with Crippen molar-refractivity contribution < 1.29 is 38.5 Å². The Morgan fingerprint density at radius 1 is 1.06 bits per heavy atom. The average molecular weight is 496 g/mol. The smallest absolute Gasteiger partial charge is 0.338 e. The fourth-order valence-corrected chi connectivity index (χ4v) is 8.48. The fourth-order valence-electron chi connectivity index (χ4n) is 8.48. The third-order valence-corrected chi connectivity index (χ3v) is 10.2. The predicted octanol–water partition coefficient (Wildman–Crippen LogP) is 1.96. The number of likely N-dealkylation sites (tertiary alicyclic amines) is 1. The first kappa shape index (κ1) is 22.3. The third-order valence-electron chi connectivity index (χ3n) is 10.2. The Labute approximate surface area is 208 Å². The lowest BCUT2D eigenvalue weighted by Crippen LogP contribution is -2.72. The Kier molecular flexibility index (Phi) is 3.90. The number of hydrogen-bond acceptors (Lipinski definition) is 8. The standard InChI is InChI=1S/C27H29NO8/c1-23(2,3)26(33)12-16-25(13-17(29)34-16)22(32)36-21-27(25,26)18(35-20(31)15-7-5-4-6-8-15)19(30)28(21)24-9-14(10-24)11-24/h4-8,14,16,18,21,33H,9-13H2,1-3H3/t14?,16-,18-,21-,24?,25-,26+,27?/m0/s1. The number of hydrogen-bond donors (Lipinski definition) is 1. The van der Waals surface area contributed by atoms with Crippen LogP contribution in [0.5, 0.6) is 0 Å². The highest BCUT2D eigenvalue weighted by Crippen LogP contribution is 2.78. The normalized spacial score (nSPS) is 45.8. The van der Waals surface area contributed by atoms with Crippen LogP contribution in [0.2, 0.25) is 0 Å². The number of rotatable bonds is 3. The van der Waals surface area contributed by atoms with Gasteiger partial charge in [0.1, 0.15) is 16.9 Å². The van der Waals surface area contributed by atoms with Crippen molar-refractivity contribution in [1.82, 2.24) is 4.90 Å². The molecular formula is C27H29NO8. The zero-order chi connectivity index (χ0) is 25.5. The Morgan fingerprint density at radius 3 is 2.31 bits per heavy atom. The molecule has 8 rings (SSSR count). The molecule has 3 aliphatic heterocycles. The second-order valence-corrected chi connectivity index (χ2v) is 12.6. The molecule has 4 aliphatic carbocycles. The van der Waals surface area contributed by atoms with Crippen LogP contribution >= 0.6 is 0 Å². The maximum absolute atomic E-state index is 14.3. The molecule has 1 N–H and O–H groups in total. The van der Waals surface area contributed by atoms with Crippen molar-refractivity contribution >= 4 is 23.8 Å². The number of benzene rings is 1. The summed E-state index contributed by atoms with van der Waals surface area (Å²) in [6, 6.07) is 8.30. The third kappa shape index (κ3) is 2.12. The van der Waals surface area contributed by atoms with Crippen LogP contribution in [0.3, 0.4) is 0 Å². The molecule has 1 aromatic rings. The number of ether oxygens (including phenoxy) is 3. The van der Waals surface area contributed by atoms with E-state index in [-0.39, 0.29) is 18.4 Å². The van der Waals surface area contributed by atoms with Gasteiger partial charge in [-0.15, -0.1) is 0 Å². The maximum Gasteiger partial charge on any atom is 0.338 e. The summed E-state index contributed by atoms with van der Waals surface area (Å²) in [6.45, 7) is 5.47. The quantitative estimate of drug-likeness (QED) is 0.499. The molecule has 9 nitrogen and oxygen atoms in total. The van der Waals surface area contributed by atoms with Gasteiger partial charge in [-0.3, -0.25) is 19.3 Å². The predicted molar refractivity (Wildman–Crippen MR) is 121 cm³/mol. The van der Waals surface area contributed by atoms with Gasteiger partial charge in [-0.25, -0.2) is 4.79 Å². The molecule has 1 aromatic carbocycles. The zero-order valence-electron chi connectivity index (χ0n) is 20.5. The Balaban J connectivity index is 1.46. The van der Waals surface area contributed by atoms with Crippen molar-refractivity contribution in [2.24, 2.45) is 22.2 Å². The van der Waals surface area contributed by atoms with E-state index in [4.69, 9.17) is 14.2 Å². The second-order valence-electron chi connectivity index (χ2n) is 12.6. The topological polar surface area (TPSA) is 119 Å². The van der Waals surface area contributed by atoms with Crippen molar-refractivity contribution in [2.75, 3.05) is 0 Å². The minimum Gasteiger partial charge on any atom is -0.461 e. The minimum absolute atomic E-state index is 0.0516. The van der Waals surface area contributed by atoms with E-state index in [9.17, 15) is 24.3 Å². The number of esters is 3. The van der Waals surface area contributed by atoms with Gasteiger partial charge in [-0.1, -0.05) is 39.0 Å². The lowest BCUT2D eigenvalue weighted by Gasteiger charge is -2.66. The minimum atomic E-state index is -1.72. The highest BCUT2D eigenvalue weighted by molar-refractivity contribution is 5.99. The summed E-state index contributed by atoms with van der Waals surface area (Å²) < 4.78 is 17.7. The molecule has 0 aromatic heterocycles. The Morgan fingerprint density at radius 2 is 1.72 bits per heavy atom. The zero-order valence-corrected chi connectivity index (χ0v) is 20.5. The summed E-state index contributed by atoms with van der Waals surface area (Å²) in [5.74, 6) is -1.95. The highest BCUT2D eigenvalue weighted by atomic mass is 16.6. The molecule has 3 heterocycles. The second kappa shape index (κ2) is 6.30. The van der Waals surface area contributed by atoms with E-state index < -0.39 is 69.6 Å². The number of aliphatic hydroxyl groups is 1. The molecule has 2 bridgehead atoms. The number of carbonyl (C=O) groups is 4. The average Bonchev–Trinajstić information content (AvgIpc) is 3.36.